The topological polar surface area (TPSA) is 66.5 Å². The van der Waals surface area contributed by atoms with Crippen LogP contribution in [0.2, 0.25) is 0 Å². The number of nitrogens with one attached hydrogen (secondary N) is 1. The van der Waals surface area contributed by atoms with Crippen molar-refractivity contribution in [2.75, 3.05) is 6.54 Å². The van der Waals surface area contributed by atoms with Crippen molar-refractivity contribution in [1.82, 2.24) is 10.2 Å². The first-order valence-corrected chi connectivity index (χ1v) is 7.72. The van der Waals surface area contributed by atoms with Crippen molar-refractivity contribution in [1.29, 1.82) is 0 Å². The molecule has 1 aromatic rings. The molecule has 1 aliphatic carbocycles. The summed E-state index contributed by atoms with van der Waals surface area (Å²) in [5.41, 5.74) is 0.621. The zero-order valence-corrected chi connectivity index (χ0v) is 12.9. The lowest BCUT2D eigenvalue weighted by molar-refractivity contribution is -0.131. The van der Waals surface area contributed by atoms with Gasteiger partial charge in [0.2, 0.25) is 0 Å². The van der Waals surface area contributed by atoms with Gasteiger partial charge in [0.1, 0.15) is 5.54 Å². The van der Waals surface area contributed by atoms with Gasteiger partial charge in [-0.05, 0) is 37.7 Å². The van der Waals surface area contributed by atoms with E-state index < -0.39 is 11.6 Å². The number of aryl methyl sites for hydroxylation is 1. The van der Waals surface area contributed by atoms with Crippen LogP contribution in [0.1, 0.15) is 42.1 Å². The largest absolute Gasteiger partial charge is 0.325 e. The monoisotopic (exact) mass is 300 g/mol. The molecule has 0 radical (unpaired) electrons. The molecule has 1 N–H and O–H groups in total. The highest BCUT2D eigenvalue weighted by Gasteiger charge is 2.58. The Bertz CT molecular complexity index is 651. The predicted octanol–water partition coefficient (Wildman–Crippen LogP) is 2.29. The third-order valence-corrected chi connectivity index (χ3v) is 4.78. The van der Waals surface area contributed by atoms with Crippen molar-refractivity contribution in [2.24, 2.45) is 5.92 Å². The first-order valence-electron chi connectivity index (χ1n) is 7.72. The minimum absolute atomic E-state index is 0.190. The van der Waals surface area contributed by atoms with E-state index in [9.17, 15) is 14.4 Å². The number of urea groups is 1. The summed E-state index contributed by atoms with van der Waals surface area (Å²) in [7, 11) is 0. The second-order valence-corrected chi connectivity index (χ2v) is 6.16. The number of carbonyl (C=O) groups excluding carboxylic acids is 3. The van der Waals surface area contributed by atoms with E-state index >= 15 is 0 Å². The van der Waals surface area contributed by atoms with E-state index in [-0.39, 0.29) is 24.2 Å². The quantitative estimate of drug-likeness (QED) is 0.670. The molecule has 2 aliphatic rings. The Morgan fingerprint density at radius 2 is 2.00 bits per heavy atom. The highest BCUT2D eigenvalue weighted by Crippen LogP contribution is 2.44. The Balaban J connectivity index is 1.81. The lowest BCUT2D eigenvalue weighted by Gasteiger charge is -2.24. The average molecular weight is 300 g/mol. The molecule has 1 atom stereocenters. The molecule has 0 aromatic heterocycles. The van der Waals surface area contributed by atoms with Gasteiger partial charge in [-0.3, -0.25) is 14.5 Å². The second kappa shape index (κ2) is 5.23. The smallest absolute Gasteiger partial charge is 0.323 e. The van der Waals surface area contributed by atoms with Gasteiger partial charge in [0, 0.05) is 5.56 Å². The zero-order valence-electron chi connectivity index (χ0n) is 12.9. The minimum Gasteiger partial charge on any atom is -0.323 e. The van der Waals surface area contributed by atoms with Gasteiger partial charge in [0.25, 0.3) is 5.91 Å². The van der Waals surface area contributed by atoms with Gasteiger partial charge in [-0.2, -0.15) is 0 Å². The molecule has 1 heterocycles. The fourth-order valence-corrected chi connectivity index (χ4v) is 3.28. The molecule has 3 amide bonds. The number of hydrogen-bond acceptors (Lipinski definition) is 3. The van der Waals surface area contributed by atoms with Crippen LogP contribution in [0, 0.1) is 12.8 Å². The molecule has 116 valence electrons. The van der Waals surface area contributed by atoms with Crippen LogP contribution in [0.5, 0.6) is 0 Å². The molecule has 1 aliphatic heterocycles. The summed E-state index contributed by atoms with van der Waals surface area (Å²) >= 11 is 0. The molecule has 1 aromatic carbocycles. The van der Waals surface area contributed by atoms with Crippen LogP contribution >= 0.6 is 0 Å². The Labute approximate surface area is 129 Å². The normalized spacial score (nSPS) is 24.5. The Morgan fingerprint density at radius 1 is 1.32 bits per heavy atom. The van der Waals surface area contributed by atoms with Gasteiger partial charge in [0.15, 0.2) is 5.78 Å². The van der Waals surface area contributed by atoms with Crippen LogP contribution < -0.4 is 5.32 Å². The van der Waals surface area contributed by atoms with E-state index in [2.05, 4.69) is 5.32 Å². The number of Topliss-reactive ketones (excluding diaryl/α,β-unsaturated/α-hetero) is 1. The fourth-order valence-electron chi connectivity index (χ4n) is 3.28. The maximum absolute atomic E-state index is 12.7. The number of nitrogens with zero attached hydrogens (tertiary/aromatic N) is 1. The number of hydrogen-bond donors (Lipinski definition) is 1. The number of imide groups is 1. The van der Waals surface area contributed by atoms with Crippen molar-refractivity contribution < 1.29 is 14.4 Å². The molecule has 0 unspecified atom stereocenters. The first kappa shape index (κ1) is 14.8. The number of amides is 3. The summed E-state index contributed by atoms with van der Waals surface area (Å²) in [5.74, 6) is -0.235. The Hall–Kier alpha value is -2.17. The molecule has 5 nitrogen and oxygen atoms in total. The van der Waals surface area contributed by atoms with Gasteiger partial charge in [-0.1, -0.05) is 31.2 Å². The highest BCUT2D eigenvalue weighted by molar-refractivity contribution is 6.11. The average Bonchev–Trinajstić information content (AvgIpc) is 3.31. The summed E-state index contributed by atoms with van der Waals surface area (Å²) in [6.45, 7) is 3.56. The van der Waals surface area contributed by atoms with Crippen LogP contribution in [0.3, 0.4) is 0 Å². The molecule has 0 spiro atoms. The molecule has 1 saturated heterocycles. The molecule has 0 bridgehead atoms. The molecular formula is C17H20N2O3. The second-order valence-electron chi connectivity index (χ2n) is 6.16. The predicted molar refractivity (Wildman–Crippen MR) is 81.5 cm³/mol. The maximum Gasteiger partial charge on any atom is 0.325 e. The van der Waals surface area contributed by atoms with Crippen molar-refractivity contribution in [2.45, 2.75) is 38.6 Å². The summed E-state index contributed by atoms with van der Waals surface area (Å²) < 4.78 is 0. The SMILES string of the molecule is CC[C@]1(C2CC2)NC(=O)N(CC(=O)c2ccccc2C)C1=O. The van der Waals surface area contributed by atoms with Gasteiger partial charge in [0.05, 0.1) is 6.54 Å². The Kier molecular flexibility index (Phi) is 3.51. The number of benzene rings is 1. The minimum atomic E-state index is -0.789. The molecule has 22 heavy (non-hydrogen) atoms. The molecule has 5 heteroatoms. The lowest BCUT2D eigenvalue weighted by atomic mass is 9.90. The molecular weight excluding hydrogens is 280 g/mol. The maximum atomic E-state index is 12.7. The fraction of sp³-hybridized carbons (Fsp3) is 0.471. The standard InChI is InChI=1S/C17H20N2O3/c1-3-17(12-8-9-12)15(21)19(16(22)18-17)10-14(20)13-7-5-4-6-11(13)2/h4-7,12H,3,8-10H2,1-2H3,(H,18,22)/t17-/m1/s1. The van der Waals surface area contributed by atoms with E-state index in [4.69, 9.17) is 0 Å². The van der Waals surface area contributed by atoms with E-state index in [1.165, 1.54) is 0 Å². The summed E-state index contributed by atoms with van der Waals surface area (Å²) in [6, 6.07) is 6.77. The van der Waals surface area contributed by atoms with Gasteiger partial charge in [-0.25, -0.2) is 4.79 Å². The third kappa shape index (κ3) is 2.21. The number of carbonyl (C=O) groups is 3. The van der Waals surface area contributed by atoms with Crippen LogP contribution in [-0.2, 0) is 4.79 Å². The van der Waals surface area contributed by atoms with Crippen LogP contribution in [0.25, 0.3) is 0 Å². The van der Waals surface area contributed by atoms with Crippen molar-refractivity contribution in [3.63, 3.8) is 0 Å². The van der Waals surface area contributed by atoms with Crippen LogP contribution in [0.15, 0.2) is 24.3 Å². The molecule has 1 saturated carbocycles. The number of ketones is 1. The third-order valence-electron chi connectivity index (χ3n) is 4.78. The summed E-state index contributed by atoms with van der Waals surface area (Å²) in [5, 5.41) is 2.84. The van der Waals surface area contributed by atoms with E-state index in [1.807, 2.05) is 26.0 Å². The summed E-state index contributed by atoms with van der Waals surface area (Å²) in [6.07, 6.45) is 2.48. The lowest BCUT2D eigenvalue weighted by Crippen LogP contribution is -2.48. The van der Waals surface area contributed by atoms with E-state index in [1.54, 1.807) is 12.1 Å². The van der Waals surface area contributed by atoms with E-state index in [0.717, 1.165) is 23.3 Å². The Morgan fingerprint density at radius 3 is 2.59 bits per heavy atom. The zero-order chi connectivity index (χ0) is 15.9. The van der Waals surface area contributed by atoms with Gasteiger partial charge in [-0.15, -0.1) is 0 Å². The van der Waals surface area contributed by atoms with E-state index in [0.29, 0.717) is 12.0 Å². The van der Waals surface area contributed by atoms with Gasteiger partial charge >= 0.3 is 6.03 Å². The number of rotatable bonds is 5. The summed E-state index contributed by atoms with van der Waals surface area (Å²) in [4.78, 5) is 38.4. The van der Waals surface area contributed by atoms with Crippen molar-refractivity contribution >= 4 is 17.7 Å². The van der Waals surface area contributed by atoms with Crippen LogP contribution in [0.4, 0.5) is 4.79 Å². The first-order chi connectivity index (χ1) is 10.5. The highest BCUT2D eigenvalue weighted by atomic mass is 16.2. The molecule has 3 rings (SSSR count). The van der Waals surface area contributed by atoms with Crippen molar-refractivity contribution in [3.05, 3.63) is 35.4 Å². The van der Waals surface area contributed by atoms with Crippen LogP contribution in [-0.4, -0.2) is 34.7 Å². The van der Waals surface area contributed by atoms with Crippen molar-refractivity contribution in [3.8, 4) is 0 Å². The molecule has 2 fully saturated rings. The van der Waals surface area contributed by atoms with Gasteiger partial charge < -0.3 is 5.32 Å².